The van der Waals surface area contributed by atoms with E-state index in [1.165, 1.54) is 11.1 Å². The molecule has 1 amide bonds. The number of amides is 1. The van der Waals surface area contributed by atoms with Gasteiger partial charge in [-0.2, -0.15) is 0 Å². The predicted octanol–water partition coefficient (Wildman–Crippen LogP) is 5.22. The van der Waals surface area contributed by atoms with Gasteiger partial charge in [-0.1, -0.05) is 50.6 Å². The first-order valence-corrected chi connectivity index (χ1v) is 11.2. The van der Waals surface area contributed by atoms with Crippen LogP contribution < -0.4 is 10.1 Å². The maximum atomic E-state index is 12.2. The van der Waals surface area contributed by atoms with Crippen molar-refractivity contribution in [2.75, 3.05) is 13.2 Å². The Morgan fingerprint density at radius 1 is 1.10 bits per heavy atom. The molecule has 0 radical (unpaired) electrons. The highest BCUT2D eigenvalue weighted by Crippen LogP contribution is 2.20. The molecule has 0 saturated carbocycles. The number of para-hydroxylation sites is 2. The molecule has 0 bridgehead atoms. The number of hydrogen-bond donors (Lipinski definition) is 1. The summed E-state index contributed by atoms with van der Waals surface area (Å²) in [5.74, 6) is 2.05. The lowest BCUT2D eigenvalue weighted by Crippen LogP contribution is -2.36. The molecule has 1 aromatic heterocycles. The molecule has 1 heterocycles. The molecule has 31 heavy (non-hydrogen) atoms. The summed E-state index contributed by atoms with van der Waals surface area (Å²) in [5.41, 5.74) is 4.21. The van der Waals surface area contributed by atoms with Crippen molar-refractivity contribution in [3.05, 3.63) is 59.4 Å². The summed E-state index contributed by atoms with van der Waals surface area (Å²) in [5, 5.41) is 3.03. The predicted molar refractivity (Wildman–Crippen MR) is 127 cm³/mol. The molecule has 2 aromatic carbocycles. The van der Waals surface area contributed by atoms with E-state index in [9.17, 15) is 4.79 Å². The van der Waals surface area contributed by atoms with Crippen LogP contribution in [0.5, 0.6) is 5.75 Å². The summed E-state index contributed by atoms with van der Waals surface area (Å²) >= 11 is 0. The Hall–Kier alpha value is -2.82. The number of hydrogen-bond acceptors (Lipinski definition) is 3. The monoisotopic (exact) mass is 421 g/mol. The van der Waals surface area contributed by atoms with Crippen LogP contribution in [-0.2, 0) is 17.8 Å². The summed E-state index contributed by atoms with van der Waals surface area (Å²) in [6.45, 7) is 12.2. The van der Waals surface area contributed by atoms with Crippen LogP contribution in [0.4, 0.5) is 0 Å². The minimum atomic E-state index is -0.379. The number of ether oxygens (including phenoxy) is 1. The van der Waals surface area contributed by atoms with Crippen molar-refractivity contribution in [1.82, 2.24) is 14.9 Å². The van der Waals surface area contributed by atoms with Crippen molar-refractivity contribution in [2.45, 2.75) is 60.4 Å². The minimum absolute atomic E-state index is 0.0682. The number of imidazole rings is 1. The SMILES string of the molecule is Cc1ccc(OCCCCn2c(CCNC(=O)C(C)(C)C)nc3ccccc32)c(C)c1. The van der Waals surface area contributed by atoms with Crippen LogP contribution >= 0.6 is 0 Å². The average molecular weight is 422 g/mol. The van der Waals surface area contributed by atoms with E-state index in [-0.39, 0.29) is 11.3 Å². The van der Waals surface area contributed by atoms with Gasteiger partial charge in [0.2, 0.25) is 5.91 Å². The minimum Gasteiger partial charge on any atom is -0.493 e. The molecule has 0 saturated heterocycles. The number of fused-ring (bicyclic) bond motifs is 1. The molecule has 0 atom stereocenters. The Kier molecular flexibility index (Phi) is 7.37. The maximum Gasteiger partial charge on any atom is 0.225 e. The highest BCUT2D eigenvalue weighted by Gasteiger charge is 2.20. The van der Waals surface area contributed by atoms with E-state index < -0.39 is 0 Å². The largest absolute Gasteiger partial charge is 0.493 e. The normalized spacial score (nSPS) is 11.6. The van der Waals surface area contributed by atoms with Gasteiger partial charge in [0.1, 0.15) is 11.6 Å². The number of benzene rings is 2. The van der Waals surface area contributed by atoms with E-state index >= 15 is 0 Å². The van der Waals surface area contributed by atoms with Crippen molar-refractivity contribution >= 4 is 16.9 Å². The molecule has 0 unspecified atom stereocenters. The number of carbonyl (C=O) groups excluding carboxylic acids is 1. The van der Waals surface area contributed by atoms with E-state index in [0.717, 1.165) is 48.4 Å². The van der Waals surface area contributed by atoms with Gasteiger partial charge in [0.15, 0.2) is 0 Å². The van der Waals surface area contributed by atoms with Crippen LogP contribution in [0.1, 0.15) is 50.6 Å². The van der Waals surface area contributed by atoms with Gasteiger partial charge in [-0.3, -0.25) is 4.79 Å². The zero-order valence-electron chi connectivity index (χ0n) is 19.5. The maximum absolute atomic E-state index is 12.2. The van der Waals surface area contributed by atoms with Gasteiger partial charge in [-0.05, 0) is 50.5 Å². The molecule has 5 nitrogen and oxygen atoms in total. The van der Waals surface area contributed by atoms with Crippen LogP contribution in [0.2, 0.25) is 0 Å². The first kappa shape index (κ1) is 22.9. The number of aryl methyl sites for hydroxylation is 3. The van der Waals surface area contributed by atoms with Crippen molar-refractivity contribution in [3.63, 3.8) is 0 Å². The fourth-order valence-electron chi connectivity index (χ4n) is 3.63. The Labute approximate surface area is 185 Å². The quantitative estimate of drug-likeness (QED) is 0.482. The van der Waals surface area contributed by atoms with Crippen molar-refractivity contribution in [2.24, 2.45) is 5.41 Å². The Morgan fingerprint density at radius 2 is 1.87 bits per heavy atom. The number of carbonyl (C=O) groups is 1. The summed E-state index contributed by atoms with van der Waals surface area (Å²) in [6.07, 6.45) is 2.70. The molecule has 3 rings (SSSR count). The average Bonchev–Trinajstić information content (AvgIpc) is 3.06. The molecule has 0 fully saturated rings. The lowest BCUT2D eigenvalue weighted by atomic mass is 9.96. The van der Waals surface area contributed by atoms with Crippen molar-refractivity contribution in [3.8, 4) is 5.75 Å². The van der Waals surface area contributed by atoms with Crippen LogP contribution in [0.15, 0.2) is 42.5 Å². The third-order valence-corrected chi connectivity index (χ3v) is 5.41. The van der Waals surface area contributed by atoms with E-state index in [2.05, 4.69) is 54.1 Å². The molecule has 0 spiro atoms. The van der Waals surface area contributed by atoms with E-state index in [0.29, 0.717) is 13.2 Å². The lowest BCUT2D eigenvalue weighted by molar-refractivity contribution is -0.128. The number of nitrogens with zero attached hydrogens (tertiary/aromatic N) is 2. The first-order chi connectivity index (χ1) is 14.8. The van der Waals surface area contributed by atoms with Crippen molar-refractivity contribution < 1.29 is 9.53 Å². The molecule has 0 aliphatic rings. The van der Waals surface area contributed by atoms with E-state index in [1.54, 1.807) is 0 Å². The standard InChI is InChI=1S/C26H35N3O2/c1-19-12-13-23(20(2)18-19)31-17-9-8-16-29-22-11-7-6-10-21(22)28-24(29)14-15-27-25(30)26(3,4)5/h6-7,10-13,18H,8-9,14-17H2,1-5H3,(H,27,30). The molecule has 5 heteroatoms. The van der Waals surface area contributed by atoms with Crippen LogP contribution in [0.3, 0.4) is 0 Å². The topological polar surface area (TPSA) is 56.1 Å². The number of aromatic nitrogens is 2. The summed E-state index contributed by atoms with van der Waals surface area (Å²) in [4.78, 5) is 17.0. The smallest absolute Gasteiger partial charge is 0.225 e. The van der Waals surface area contributed by atoms with E-state index in [4.69, 9.17) is 9.72 Å². The van der Waals surface area contributed by atoms with Crippen LogP contribution in [0, 0.1) is 19.3 Å². The molecule has 3 aromatic rings. The number of nitrogens with one attached hydrogen (secondary N) is 1. The third kappa shape index (κ3) is 6.09. The summed E-state index contributed by atoms with van der Waals surface area (Å²) in [6, 6.07) is 14.5. The summed E-state index contributed by atoms with van der Waals surface area (Å²) in [7, 11) is 0. The van der Waals surface area contributed by atoms with Gasteiger partial charge in [0.25, 0.3) is 0 Å². The second kappa shape index (κ2) is 9.99. The molecule has 1 N–H and O–H groups in total. The highest BCUT2D eigenvalue weighted by atomic mass is 16.5. The van der Waals surface area contributed by atoms with Crippen LogP contribution in [0.25, 0.3) is 11.0 Å². The van der Waals surface area contributed by atoms with Gasteiger partial charge in [-0.25, -0.2) is 4.98 Å². The van der Waals surface area contributed by atoms with Gasteiger partial charge in [0, 0.05) is 24.9 Å². The fourth-order valence-corrected chi connectivity index (χ4v) is 3.63. The summed E-state index contributed by atoms with van der Waals surface area (Å²) < 4.78 is 8.27. The fraction of sp³-hybridized carbons (Fsp3) is 0.462. The van der Waals surface area contributed by atoms with Crippen molar-refractivity contribution in [1.29, 1.82) is 0 Å². The first-order valence-electron chi connectivity index (χ1n) is 11.2. The zero-order chi connectivity index (χ0) is 22.4. The molecular formula is C26H35N3O2. The molecule has 0 aliphatic carbocycles. The van der Waals surface area contributed by atoms with E-state index in [1.807, 2.05) is 32.9 Å². The Morgan fingerprint density at radius 3 is 2.61 bits per heavy atom. The zero-order valence-corrected chi connectivity index (χ0v) is 19.5. The van der Waals surface area contributed by atoms with Crippen LogP contribution in [-0.4, -0.2) is 28.6 Å². The highest BCUT2D eigenvalue weighted by molar-refractivity contribution is 5.81. The van der Waals surface area contributed by atoms with Gasteiger partial charge >= 0.3 is 0 Å². The number of unbranched alkanes of at least 4 members (excludes halogenated alkanes) is 1. The lowest BCUT2D eigenvalue weighted by Gasteiger charge is -2.17. The molecular weight excluding hydrogens is 386 g/mol. The molecule has 166 valence electrons. The second-order valence-electron chi connectivity index (χ2n) is 9.25. The van der Waals surface area contributed by atoms with Gasteiger partial charge in [-0.15, -0.1) is 0 Å². The number of rotatable bonds is 9. The molecule has 0 aliphatic heterocycles. The Bertz CT molecular complexity index is 1030. The third-order valence-electron chi connectivity index (χ3n) is 5.41. The van der Waals surface area contributed by atoms with Gasteiger partial charge in [0.05, 0.1) is 17.6 Å². The van der Waals surface area contributed by atoms with Gasteiger partial charge < -0.3 is 14.6 Å². The Balaban J connectivity index is 1.57. The second-order valence-corrected chi connectivity index (χ2v) is 9.25.